The number of non-ortho nitro benzene ring substituents is 1. The van der Waals surface area contributed by atoms with Crippen molar-refractivity contribution in [2.24, 2.45) is 0 Å². The Bertz CT molecular complexity index is 662. The molecule has 0 radical (unpaired) electrons. The van der Waals surface area contributed by atoms with Crippen LogP contribution in [0.4, 0.5) is 10.1 Å². The van der Waals surface area contributed by atoms with E-state index in [2.05, 4.69) is 10.2 Å². The minimum absolute atomic E-state index is 0.119. The molecule has 0 spiro atoms. The van der Waals surface area contributed by atoms with Crippen molar-refractivity contribution in [1.29, 1.82) is 0 Å². The average molecular weight is 315 g/mol. The van der Waals surface area contributed by atoms with Gasteiger partial charge in [0.05, 0.1) is 23.5 Å². The lowest BCUT2D eigenvalue weighted by Crippen LogP contribution is -2.09. The van der Waals surface area contributed by atoms with Crippen LogP contribution >= 0.6 is 11.6 Å². The van der Waals surface area contributed by atoms with E-state index in [-0.39, 0.29) is 17.1 Å². The maximum atomic E-state index is 13.5. The molecule has 1 aromatic carbocycles. The molecule has 1 aromatic heterocycles. The van der Waals surface area contributed by atoms with E-state index in [0.717, 1.165) is 6.07 Å². The van der Waals surface area contributed by atoms with Gasteiger partial charge in [-0.25, -0.2) is 4.39 Å². The molecule has 0 aliphatic heterocycles. The van der Waals surface area contributed by atoms with Crippen molar-refractivity contribution >= 4 is 17.3 Å². The summed E-state index contributed by atoms with van der Waals surface area (Å²) in [7, 11) is 1.54. The highest BCUT2D eigenvalue weighted by Crippen LogP contribution is 2.25. The van der Waals surface area contributed by atoms with Crippen molar-refractivity contribution < 1.29 is 14.1 Å². The number of hydrogen-bond acceptors (Lipinski definition) is 5. The third-order valence-electron chi connectivity index (χ3n) is 2.82. The molecule has 2 rings (SSSR count). The molecule has 9 heteroatoms. The maximum absolute atomic E-state index is 13.5. The number of nitro groups is 1. The summed E-state index contributed by atoms with van der Waals surface area (Å²) >= 11 is 5.78. The van der Waals surface area contributed by atoms with Gasteiger partial charge in [0.1, 0.15) is 11.6 Å². The van der Waals surface area contributed by atoms with Crippen LogP contribution in [0.3, 0.4) is 0 Å². The fraction of sp³-hybridized carbons (Fsp3) is 0.333. The topological polar surface area (TPSA) is 83.1 Å². The summed E-state index contributed by atoms with van der Waals surface area (Å²) in [6, 6.07) is 3.26. The molecular weight excluding hydrogens is 303 g/mol. The Balaban J connectivity index is 2.50. The van der Waals surface area contributed by atoms with E-state index < -0.39 is 10.7 Å². The average Bonchev–Trinajstić information content (AvgIpc) is 2.87. The summed E-state index contributed by atoms with van der Waals surface area (Å²) in [5.74, 6) is 0.197. The number of alkyl halides is 1. The van der Waals surface area contributed by atoms with E-state index in [1.165, 1.54) is 19.2 Å². The number of hydrogen-bond donors (Lipinski definition) is 0. The zero-order valence-corrected chi connectivity index (χ0v) is 11.9. The molecule has 0 saturated carbocycles. The molecule has 1 heterocycles. The van der Waals surface area contributed by atoms with E-state index in [1.807, 2.05) is 0 Å². The lowest BCUT2D eigenvalue weighted by atomic mass is 10.2. The molecule has 0 fully saturated rings. The van der Waals surface area contributed by atoms with Crippen molar-refractivity contribution in [3.8, 4) is 11.4 Å². The highest BCUT2D eigenvalue weighted by atomic mass is 35.5. The molecule has 7 nitrogen and oxygen atoms in total. The van der Waals surface area contributed by atoms with Gasteiger partial charge in [0.25, 0.3) is 5.69 Å². The van der Waals surface area contributed by atoms with Crippen LogP contribution < -0.4 is 0 Å². The summed E-state index contributed by atoms with van der Waals surface area (Å²) < 4.78 is 20.2. The summed E-state index contributed by atoms with van der Waals surface area (Å²) in [4.78, 5) is 10.1. The minimum Gasteiger partial charge on any atom is -0.383 e. The predicted molar refractivity (Wildman–Crippen MR) is 73.5 cm³/mol. The number of ether oxygens (including phenoxy) is 1. The highest BCUT2D eigenvalue weighted by molar-refractivity contribution is 6.16. The van der Waals surface area contributed by atoms with Crippen LogP contribution in [0.1, 0.15) is 5.82 Å². The first-order valence-corrected chi connectivity index (χ1v) is 6.52. The number of halogens is 2. The van der Waals surface area contributed by atoms with Gasteiger partial charge in [-0.2, -0.15) is 0 Å². The highest BCUT2D eigenvalue weighted by Gasteiger charge is 2.17. The normalized spacial score (nSPS) is 10.8. The Hall–Kier alpha value is -2.06. The number of aromatic nitrogens is 3. The first-order chi connectivity index (χ1) is 10.1. The molecule has 0 bridgehead atoms. The fourth-order valence-electron chi connectivity index (χ4n) is 1.87. The van der Waals surface area contributed by atoms with Crippen LogP contribution in [0.15, 0.2) is 18.2 Å². The Kier molecular flexibility index (Phi) is 4.81. The third kappa shape index (κ3) is 3.34. The van der Waals surface area contributed by atoms with Gasteiger partial charge in [-0.15, -0.1) is 21.8 Å². The molecule has 0 aliphatic rings. The summed E-state index contributed by atoms with van der Waals surface area (Å²) in [6.07, 6.45) is 0. The van der Waals surface area contributed by atoms with Crippen LogP contribution in [0.25, 0.3) is 11.4 Å². The van der Waals surface area contributed by atoms with E-state index in [4.69, 9.17) is 16.3 Å². The molecular formula is C12H12ClFN4O3. The largest absolute Gasteiger partial charge is 0.383 e. The zero-order chi connectivity index (χ0) is 15.4. The van der Waals surface area contributed by atoms with Gasteiger partial charge in [0.15, 0.2) is 5.82 Å². The molecule has 0 saturated heterocycles. The summed E-state index contributed by atoms with van der Waals surface area (Å²) in [5, 5.41) is 18.6. The molecule has 0 aliphatic carbocycles. The van der Waals surface area contributed by atoms with Gasteiger partial charge in [-0.1, -0.05) is 0 Å². The molecule has 0 amide bonds. The van der Waals surface area contributed by atoms with Crippen LogP contribution in [-0.4, -0.2) is 33.4 Å². The predicted octanol–water partition coefficient (Wildman–Crippen LogP) is 2.38. The van der Waals surface area contributed by atoms with Gasteiger partial charge < -0.3 is 9.30 Å². The fourth-order valence-corrected chi connectivity index (χ4v) is 2.07. The number of nitro benzene ring substituents is 1. The molecule has 0 atom stereocenters. The van der Waals surface area contributed by atoms with Gasteiger partial charge >= 0.3 is 0 Å². The monoisotopic (exact) mass is 314 g/mol. The Morgan fingerprint density at radius 1 is 1.43 bits per heavy atom. The third-order valence-corrected chi connectivity index (χ3v) is 3.06. The van der Waals surface area contributed by atoms with E-state index in [1.54, 1.807) is 4.57 Å². The standard InChI is InChI=1S/C12H12ClFN4O3/c1-21-3-2-17-11(7-13)15-16-12(17)8-4-9(14)6-10(5-8)18(19)20/h4-6H,2-3,7H2,1H3. The van der Waals surface area contributed by atoms with E-state index in [0.29, 0.717) is 24.8 Å². The first kappa shape index (κ1) is 15.3. The van der Waals surface area contributed by atoms with Crippen LogP contribution in [0.5, 0.6) is 0 Å². The number of methoxy groups -OCH3 is 1. The minimum atomic E-state index is -0.715. The molecule has 0 N–H and O–H groups in total. The quantitative estimate of drug-likeness (QED) is 0.464. The second kappa shape index (κ2) is 6.59. The van der Waals surface area contributed by atoms with Crippen LogP contribution in [0, 0.1) is 15.9 Å². The zero-order valence-electron chi connectivity index (χ0n) is 11.1. The van der Waals surface area contributed by atoms with Crippen LogP contribution in [-0.2, 0) is 17.2 Å². The van der Waals surface area contributed by atoms with Crippen molar-refractivity contribution in [2.45, 2.75) is 12.4 Å². The first-order valence-electron chi connectivity index (χ1n) is 5.99. The van der Waals surface area contributed by atoms with E-state index in [9.17, 15) is 14.5 Å². The van der Waals surface area contributed by atoms with Crippen molar-refractivity contribution in [2.75, 3.05) is 13.7 Å². The summed E-state index contributed by atoms with van der Waals surface area (Å²) in [6.45, 7) is 0.789. The van der Waals surface area contributed by atoms with Gasteiger partial charge in [0.2, 0.25) is 0 Å². The number of nitrogens with zero attached hydrogens (tertiary/aromatic N) is 4. The molecule has 0 unspecified atom stereocenters. The van der Waals surface area contributed by atoms with Crippen molar-refractivity contribution in [3.05, 3.63) is 40.0 Å². The van der Waals surface area contributed by atoms with Gasteiger partial charge in [0, 0.05) is 25.3 Å². The number of rotatable bonds is 6. The number of benzene rings is 1. The molecule has 21 heavy (non-hydrogen) atoms. The SMILES string of the molecule is COCCn1c(CCl)nnc1-c1cc(F)cc([N+](=O)[O-])c1. The second-order valence-electron chi connectivity index (χ2n) is 4.17. The Morgan fingerprint density at radius 2 is 2.19 bits per heavy atom. The second-order valence-corrected chi connectivity index (χ2v) is 4.44. The van der Waals surface area contributed by atoms with Crippen molar-refractivity contribution in [1.82, 2.24) is 14.8 Å². The van der Waals surface area contributed by atoms with Crippen LogP contribution in [0.2, 0.25) is 0 Å². The van der Waals surface area contributed by atoms with Gasteiger partial charge in [-0.05, 0) is 6.07 Å². The maximum Gasteiger partial charge on any atom is 0.273 e. The lowest BCUT2D eigenvalue weighted by molar-refractivity contribution is -0.385. The molecule has 112 valence electrons. The van der Waals surface area contributed by atoms with Gasteiger partial charge in [-0.3, -0.25) is 10.1 Å². The smallest absolute Gasteiger partial charge is 0.273 e. The Labute approximate surface area is 124 Å². The lowest BCUT2D eigenvalue weighted by Gasteiger charge is -2.08. The molecule has 2 aromatic rings. The Morgan fingerprint density at radius 3 is 2.81 bits per heavy atom. The van der Waals surface area contributed by atoms with Crippen molar-refractivity contribution in [3.63, 3.8) is 0 Å². The summed E-state index contributed by atoms with van der Waals surface area (Å²) in [5.41, 5.74) is -0.0830. The van der Waals surface area contributed by atoms with E-state index >= 15 is 0 Å².